The van der Waals surface area contributed by atoms with Crippen LogP contribution in [0, 0.1) is 0 Å². The maximum absolute atomic E-state index is 12.1. The normalized spacial score (nSPS) is 29.6. The van der Waals surface area contributed by atoms with Gasteiger partial charge in [-0.25, -0.2) is 0 Å². The summed E-state index contributed by atoms with van der Waals surface area (Å²) < 4.78 is 16.2. The minimum absolute atomic E-state index is 0.130. The quantitative estimate of drug-likeness (QED) is 0.515. The van der Waals surface area contributed by atoms with E-state index in [1.54, 1.807) is 0 Å². The van der Waals surface area contributed by atoms with Crippen LogP contribution in [-0.4, -0.2) is 50.6 Å². The van der Waals surface area contributed by atoms with E-state index < -0.39 is 5.54 Å². The lowest BCUT2D eigenvalue weighted by Crippen LogP contribution is -2.52. The molecule has 0 heterocycles. The van der Waals surface area contributed by atoms with Gasteiger partial charge in [0.25, 0.3) is 0 Å². The van der Waals surface area contributed by atoms with Crippen molar-refractivity contribution < 1.29 is 19.0 Å². The van der Waals surface area contributed by atoms with Crippen LogP contribution in [0.15, 0.2) is 0 Å². The lowest BCUT2D eigenvalue weighted by atomic mass is 9.97. The van der Waals surface area contributed by atoms with Gasteiger partial charge < -0.3 is 14.2 Å². The van der Waals surface area contributed by atoms with E-state index in [0.717, 1.165) is 38.7 Å². The third-order valence-corrected chi connectivity index (χ3v) is 4.03. The van der Waals surface area contributed by atoms with Crippen LogP contribution in [0.3, 0.4) is 0 Å². The fourth-order valence-electron chi connectivity index (χ4n) is 2.85. The van der Waals surface area contributed by atoms with Crippen LogP contribution in [0.1, 0.15) is 45.4 Å². The molecule has 2 saturated carbocycles. The topological polar surface area (TPSA) is 56.8 Å². The van der Waals surface area contributed by atoms with Crippen molar-refractivity contribution in [3.05, 3.63) is 0 Å². The highest BCUT2D eigenvalue weighted by molar-refractivity contribution is 5.81. The van der Waals surface area contributed by atoms with Gasteiger partial charge in [0.1, 0.15) is 5.54 Å². The van der Waals surface area contributed by atoms with Crippen LogP contribution in [-0.2, 0) is 19.0 Å². The largest absolute Gasteiger partial charge is 0.468 e. The summed E-state index contributed by atoms with van der Waals surface area (Å²) in [5.74, 6) is -0.141. The molecule has 0 aromatic heterocycles. The van der Waals surface area contributed by atoms with E-state index in [1.807, 2.05) is 0 Å². The summed E-state index contributed by atoms with van der Waals surface area (Å²) in [4.78, 5) is 12.1. The Morgan fingerprint density at radius 3 is 2.70 bits per heavy atom. The maximum Gasteiger partial charge on any atom is 0.326 e. The zero-order valence-corrected chi connectivity index (χ0v) is 12.7. The molecule has 2 atom stereocenters. The Balaban J connectivity index is 1.76. The summed E-state index contributed by atoms with van der Waals surface area (Å²) in [5.41, 5.74) is -0.523. The Morgan fingerprint density at radius 1 is 1.25 bits per heavy atom. The molecule has 1 N–H and O–H groups in total. The highest BCUT2D eigenvalue weighted by atomic mass is 16.5. The molecule has 20 heavy (non-hydrogen) atoms. The first kappa shape index (κ1) is 15.7. The molecular weight excluding hydrogens is 258 g/mol. The summed E-state index contributed by atoms with van der Waals surface area (Å²) in [5, 5.41) is 3.47. The summed E-state index contributed by atoms with van der Waals surface area (Å²) in [7, 11) is 1.46. The number of rotatable bonds is 9. The molecule has 0 bridgehead atoms. The van der Waals surface area contributed by atoms with Gasteiger partial charge in [0, 0.05) is 19.1 Å². The summed E-state index contributed by atoms with van der Waals surface area (Å²) in [6.45, 7) is 4.10. The Morgan fingerprint density at radius 2 is 2.05 bits per heavy atom. The van der Waals surface area contributed by atoms with Crippen LogP contribution in [0.4, 0.5) is 0 Å². The van der Waals surface area contributed by atoms with Crippen molar-refractivity contribution in [1.29, 1.82) is 0 Å². The number of nitrogens with one attached hydrogen (secondary N) is 1. The van der Waals surface area contributed by atoms with Gasteiger partial charge in [-0.05, 0) is 32.1 Å². The molecule has 0 spiro atoms. The average molecular weight is 285 g/mol. The second-order valence-electron chi connectivity index (χ2n) is 5.84. The van der Waals surface area contributed by atoms with Gasteiger partial charge in [0.2, 0.25) is 0 Å². The van der Waals surface area contributed by atoms with Crippen LogP contribution >= 0.6 is 0 Å². The molecule has 116 valence electrons. The summed E-state index contributed by atoms with van der Waals surface area (Å²) in [6.07, 6.45) is 5.90. The number of hydrogen-bond acceptors (Lipinski definition) is 5. The van der Waals surface area contributed by atoms with Gasteiger partial charge in [0.05, 0.1) is 26.4 Å². The third-order valence-electron chi connectivity index (χ3n) is 4.03. The molecule has 0 aromatic carbocycles. The zero-order chi connectivity index (χ0) is 14.4. The smallest absolute Gasteiger partial charge is 0.326 e. The Labute approximate surface area is 121 Å². The number of carbonyl (C=O) groups is 1. The van der Waals surface area contributed by atoms with Crippen LogP contribution < -0.4 is 5.32 Å². The van der Waals surface area contributed by atoms with E-state index >= 15 is 0 Å². The number of esters is 1. The Bertz CT molecular complexity index is 319. The monoisotopic (exact) mass is 285 g/mol. The van der Waals surface area contributed by atoms with Gasteiger partial charge in [-0.3, -0.25) is 10.1 Å². The van der Waals surface area contributed by atoms with Crippen molar-refractivity contribution >= 4 is 5.97 Å². The average Bonchev–Trinajstić information content (AvgIpc) is 3.17. The summed E-state index contributed by atoms with van der Waals surface area (Å²) in [6, 6.07) is 0.487. The standard InChI is InChI=1S/C15H27NO4/c1-3-8-19-9-10-20-13-6-7-15(11-13,14(17)18-2)16-12-4-5-12/h12-13,16H,3-11H2,1-2H3. The van der Waals surface area contributed by atoms with Crippen molar-refractivity contribution in [2.45, 2.75) is 63.1 Å². The van der Waals surface area contributed by atoms with E-state index in [9.17, 15) is 4.79 Å². The van der Waals surface area contributed by atoms with Crippen molar-refractivity contribution in [3.8, 4) is 0 Å². The van der Waals surface area contributed by atoms with Crippen LogP contribution in [0.5, 0.6) is 0 Å². The molecule has 5 heteroatoms. The molecule has 2 aliphatic rings. The Hall–Kier alpha value is -0.650. The minimum atomic E-state index is -0.523. The van der Waals surface area contributed by atoms with Crippen molar-refractivity contribution in [3.63, 3.8) is 0 Å². The van der Waals surface area contributed by atoms with E-state index in [1.165, 1.54) is 7.11 Å². The van der Waals surface area contributed by atoms with Gasteiger partial charge in [0.15, 0.2) is 0 Å². The minimum Gasteiger partial charge on any atom is -0.468 e. The fourth-order valence-corrected chi connectivity index (χ4v) is 2.85. The number of carbonyl (C=O) groups excluding carboxylic acids is 1. The van der Waals surface area contributed by atoms with E-state index in [2.05, 4.69) is 12.2 Å². The highest BCUT2D eigenvalue weighted by Gasteiger charge is 2.49. The second-order valence-corrected chi connectivity index (χ2v) is 5.84. The van der Waals surface area contributed by atoms with Gasteiger partial charge in [-0.1, -0.05) is 6.92 Å². The van der Waals surface area contributed by atoms with Crippen molar-refractivity contribution in [1.82, 2.24) is 5.32 Å². The lowest BCUT2D eigenvalue weighted by Gasteiger charge is -2.27. The first-order valence-corrected chi connectivity index (χ1v) is 7.75. The molecule has 2 rings (SSSR count). The van der Waals surface area contributed by atoms with E-state index in [4.69, 9.17) is 14.2 Å². The lowest BCUT2D eigenvalue weighted by molar-refractivity contribution is -0.149. The Kier molecular flexibility index (Phi) is 5.81. The van der Waals surface area contributed by atoms with E-state index in [-0.39, 0.29) is 12.1 Å². The second kappa shape index (κ2) is 7.38. The molecule has 2 fully saturated rings. The first-order valence-electron chi connectivity index (χ1n) is 7.75. The molecular formula is C15H27NO4. The molecule has 0 amide bonds. The van der Waals surface area contributed by atoms with Gasteiger partial charge in [-0.15, -0.1) is 0 Å². The maximum atomic E-state index is 12.1. The highest BCUT2D eigenvalue weighted by Crippen LogP contribution is 2.36. The molecule has 0 saturated heterocycles. The number of methoxy groups -OCH3 is 1. The van der Waals surface area contributed by atoms with Crippen molar-refractivity contribution in [2.24, 2.45) is 0 Å². The first-order chi connectivity index (χ1) is 9.70. The van der Waals surface area contributed by atoms with Gasteiger partial charge >= 0.3 is 5.97 Å². The molecule has 5 nitrogen and oxygen atoms in total. The third kappa shape index (κ3) is 4.17. The molecule has 2 aliphatic carbocycles. The predicted molar refractivity (Wildman–Crippen MR) is 75.6 cm³/mol. The molecule has 0 aromatic rings. The van der Waals surface area contributed by atoms with E-state index in [0.29, 0.717) is 25.7 Å². The van der Waals surface area contributed by atoms with Crippen molar-refractivity contribution in [2.75, 3.05) is 26.9 Å². The van der Waals surface area contributed by atoms with Gasteiger partial charge in [-0.2, -0.15) is 0 Å². The van der Waals surface area contributed by atoms with Crippen LogP contribution in [0.25, 0.3) is 0 Å². The number of ether oxygens (including phenoxy) is 3. The molecule has 0 radical (unpaired) electrons. The van der Waals surface area contributed by atoms with Crippen LogP contribution in [0.2, 0.25) is 0 Å². The molecule has 2 unspecified atom stereocenters. The fraction of sp³-hybridized carbons (Fsp3) is 0.933. The zero-order valence-electron chi connectivity index (χ0n) is 12.7. The summed E-state index contributed by atoms with van der Waals surface area (Å²) >= 11 is 0. The number of hydrogen-bond donors (Lipinski definition) is 1. The SMILES string of the molecule is CCCOCCOC1CCC(NC2CC2)(C(=O)OC)C1. The molecule has 0 aliphatic heterocycles. The predicted octanol–water partition coefficient (Wildman–Crippen LogP) is 1.65.